The highest BCUT2D eigenvalue weighted by Gasteiger charge is 2.16. The number of nitrogens with zero attached hydrogens (tertiary/aromatic N) is 3. The average Bonchev–Trinajstić information content (AvgIpc) is 3.15. The predicted molar refractivity (Wildman–Crippen MR) is 99.6 cm³/mol. The molecule has 0 spiro atoms. The lowest BCUT2D eigenvalue weighted by Gasteiger charge is -2.13. The number of anilines is 2. The van der Waals surface area contributed by atoms with Crippen LogP contribution in [0.2, 0.25) is 5.02 Å². The average molecular weight is 391 g/mol. The summed E-state index contributed by atoms with van der Waals surface area (Å²) in [5.41, 5.74) is 1.15. The minimum absolute atomic E-state index is 0.0424. The molecule has 0 bridgehead atoms. The highest BCUT2D eigenvalue weighted by molar-refractivity contribution is 6.31. The Labute approximate surface area is 159 Å². The van der Waals surface area contributed by atoms with E-state index in [-0.39, 0.29) is 23.5 Å². The second kappa shape index (κ2) is 8.05. The Bertz CT molecular complexity index is 946. The van der Waals surface area contributed by atoms with Crippen LogP contribution in [0.4, 0.5) is 16.1 Å². The molecule has 0 radical (unpaired) electrons. The van der Waals surface area contributed by atoms with Gasteiger partial charge in [-0.25, -0.2) is 4.39 Å². The van der Waals surface area contributed by atoms with E-state index in [1.54, 1.807) is 38.4 Å². The van der Waals surface area contributed by atoms with E-state index < -0.39 is 5.82 Å². The third-order valence-electron chi connectivity index (χ3n) is 3.67. The molecular formula is C18H16ClFN4O3. The summed E-state index contributed by atoms with van der Waals surface area (Å²) in [6, 6.07) is 11.3. The first-order valence-corrected chi connectivity index (χ1v) is 8.28. The second-order valence-corrected chi connectivity index (χ2v) is 6.07. The summed E-state index contributed by atoms with van der Waals surface area (Å²) < 4.78 is 23.5. The van der Waals surface area contributed by atoms with E-state index in [0.717, 1.165) is 11.3 Å². The molecule has 7 nitrogen and oxygen atoms in total. The van der Waals surface area contributed by atoms with Gasteiger partial charge in [0.25, 0.3) is 0 Å². The fourth-order valence-electron chi connectivity index (χ4n) is 2.29. The number of rotatable bonds is 6. The molecule has 0 saturated heterocycles. The number of nitrogens with one attached hydrogen (secondary N) is 1. The molecular weight excluding hydrogens is 375 g/mol. The van der Waals surface area contributed by atoms with Gasteiger partial charge < -0.3 is 19.5 Å². The van der Waals surface area contributed by atoms with Gasteiger partial charge in [-0.3, -0.25) is 4.79 Å². The highest BCUT2D eigenvalue weighted by atomic mass is 35.5. The van der Waals surface area contributed by atoms with Crippen LogP contribution in [0.5, 0.6) is 5.75 Å². The van der Waals surface area contributed by atoms with Gasteiger partial charge in [0.1, 0.15) is 18.1 Å². The number of hydrogen-bond acceptors (Lipinski definition) is 6. The number of likely N-dealkylation sites (N-methyl/N-ethyl adjacent to an activating group) is 1. The number of ether oxygens (including phenoxy) is 1. The van der Waals surface area contributed by atoms with Crippen LogP contribution in [-0.4, -0.2) is 36.8 Å². The Morgan fingerprint density at radius 3 is 2.70 bits per heavy atom. The first-order chi connectivity index (χ1) is 13.0. The van der Waals surface area contributed by atoms with Gasteiger partial charge in [0.15, 0.2) is 0 Å². The maximum atomic E-state index is 13.2. The van der Waals surface area contributed by atoms with Crippen LogP contribution in [0, 0.1) is 5.82 Å². The third kappa shape index (κ3) is 4.53. The number of hydrogen-bond donors (Lipinski definition) is 1. The summed E-state index contributed by atoms with van der Waals surface area (Å²) in [6.45, 7) is -0.0424. The van der Waals surface area contributed by atoms with Gasteiger partial charge in [-0.1, -0.05) is 16.8 Å². The van der Waals surface area contributed by atoms with Gasteiger partial charge in [-0.2, -0.15) is 4.98 Å². The molecule has 3 rings (SSSR count). The Hall–Kier alpha value is -3.13. The normalized spacial score (nSPS) is 10.5. The van der Waals surface area contributed by atoms with Crippen LogP contribution in [-0.2, 0) is 4.79 Å². The van der Waals surface area contributed by atoms with Crippen molar-refractivity contribution in [2.75, 3.05) is 30.9 Å². The van der Waals surface area contributed by atoms with Crippen molar-refractivity contribution in [3.63, 3.8) is 0 Å². The first kappa shape index (κ1) is 18.7. The van der Waals surface area contributed by atoms with Gasteiger partial charge in [-0.05, 0) is 42.5 Å². The van der Waals surface area contributed by atoms with Crippen molar-refractivity contribution >= 4 is 29.2 Å². The number of carbonyl (C=O) groups excluding carboxylic acids is 1. The van der Waals surface area contributed by atoms with E-state index in [4.69, 9.17) is 20.9 Å². The van der Waals surface area contributed by atoms with Crippen LogP contribution >= 0.6 is 11.6 Å². The summed E-state index contributed by atoms with van der Waals surface area (Å²) in [6.07, 6.45) is 0. The molecule has 0 aliphatic carbocycles. The zero-order chi connectivity index (χ0) is 19.4. The van der Waals surface area contributed by atoms with Crippen molar-refractivity contribution in [3.8, 4) is 17.1 Å². The third-order valence-corrected chi connectivity index (χ3v) is 3.96. The summed E-state index contributed by atoms with van der Waals surface area (Å²) >= 11 is 5.70. The van der Waals surface area contributed by atoms with Crippen molar-refractivity contribution < 1.29 is 18.4 Å². The topological polar surface area (TPSA) is 80.5 Å². The van der Waals surface area contributed by atoms with Gasteiger partial charge in [0.2, 0.25) is 11.7 Å². The second-order valence-electron chi connectivity index (χ2n) is 5.66. The fourth-order valence-corrected chi connectivity index (χ4v) is 2.47. The van der Waals surface area contributed by atoms with Gasteiger partial charge in [0.05, 0.1) is 12.1 Å². The summed E-state index contributed by atoms with van der Waals surface area (Å²) in [5, 5.41) is 6.48. The Morgan fingerprint density at radius 1 is 1.30 bits per heavy atom. The zero-order valence-electron chi connectivity index (χ0n) is 14.6. The van der Waals surface area contributed by atoms with E-state index in [9.17, 15) is 9.18 Å². The lowest BCUT2D eigenvalue weighted by atomic mass is 10.2. The summed E-state index contributed by atoms with van der Waals surface area (Å²) in [5.74, 6) is 0.218. The predicted octanol–water partition coefficient (Wildman–Crippen LogP) is 3.61. The SMILES string of the molecule is COc1ccc(-c2noc(N(C)CC(=O)Nc3ccc(F)c(Cl)c3)n2)cc1. The summed E-state index contributed by atoms with van der Waals surface area (Å²) in [7, 11) is 3.23. The van der Waals surface area contributed by atoms with Crippen LogP contribution in [0.15, 0.2) is 47.0 Å². The largest absolute Gasteiger partial charge is 0.497 e. The van der Waals surface area contributed by atoms with Gasteiger partial charge >= 0.3 is 6.01 Å². The molecule has 0 atom stereocenters. The van der Waals surface area contributed by atoms with E-state index in [0.29, 0.717) is 11.5 Å². The number of amides is 1. The van der Waals surface area contributed by atoms with Crippen molar-refractivity contribution in [1.82, 2.24) is 10.1 Å². The molecule has 0 fully saturated rings. The molecule has 0 aliphatic rings. The first-order valence-electron chi connectivity index (χ1n) is 7.90. The van der Waals surface area contributed by atoms with E-state index in [2.05, 4.69) is 15.5 Å². The standard InChI is InChI=1S/C18H16ClFN4O3/c1-24(10-16(25)21-12-5-8-15(20)14(19)9-12)18-22-17(23-27-18)11-3-6-13(26-2)7-4-11/h3-9H,10H2,1-2H3,(H,21,25). The van der Waals surface area contributed by atoms with Gasteiger partial charge in [0, 0.05) is 18.3 Å². The van der Waals surface area contributed by atoms with Crippen LogP contribution in [0.3, 0.4) is 0 Å². The molecule has 1 amide bonds. The van der Waals surface area contributed by atoms with Crippen molar-refractivity contribution in [1.29, 1.82) is 0 Å². The van der Waals surface area contributed by atoms with Crippen molar-refractivity contribution in [2.45, 2.75) is 0 Å². The van der Waals surface area contributed by atoms with E-state index in [1.165, 1.54) is 23.1 Å². The Balaban J connectivity index is 1.63. The number of carbonyl (C=O) groups is 1. The molecule has 0 saturated carbocycles. The molecule has 1 N–H and O–H groups in total. The molecule has 0 aliphatic heterocycles. The molecule has 9 heteroatoms. The quantitative estimate of drug-likeness (QED) is 0.692. The van der Waals surface area contributed by atoms with Gasteiger partial charge in [-0.15, -0.1) is 0 Å². The lowest BCUT2D eigenvalue weighted by molar-refractivity contribution is -0.115. The maximum absolute atomic E-state index is 13.2. The molecule has 3 aromatic rings. The zero-order valence-corrected chi connectivity index (χ0v) is 15.3. The molecule has 2 aromatic carbocycles. The molecule has 140 valence electrons. The minimum Gasteiger partial charge on any atom is -0.497 e. The lowest BCUT2D eigenvalue weighted by Crippen LogP contribution is -2.30. The maximum Gasteiger partial charge on any atom is 0.324 e. The van der Waals surface area contributed by atoms with E-state index in [1.807, 2.05) is 0 Å². The van der Waals surface area contributed by atoms with Crippen LogP contribution in [0.1, 0.15) is 0 Å². The monoisotopic (exact) mass is 390 g/mol. The number of benzene rings is 2. The van der Waals surface area contributed by atoms with Crippen molar-refractivity contribution in [2.24, 2.45) is 0 Å². The molecule has 1 aromatic heterocycles. The minimum atomic E-state index is -0.552. The molecule has 27 heavy (non-hydrogen) atoms. The molecule has 0 unspecified atom stereocenters. The highest BCUT2D eigenvalue weighted by Crippen LogP contribution is 2.22. The number of methoxy groups -OCH3 is 1. The number of aromatic nitrogens is 2. The fraction of sp³-hybridized carbons (Fsp3) is 0.167. The summed E-state index contributed by atoms with van der Waals surface area (Å²) in [4.78, 5) is 17.9. The van der Waals surface area contributed by atoms with Crippen LogP contribution in [0.25, 0.3) is 11.4 Å². The Morgan fingerprint density at radius 2 is 2.04 bits per heavy atom. The van der Waals surface area contributed by atoms with E-state index >= 15 is 0 Å². The molecule has 1 heterocycles. The smallest absolute Gasteiger partial charge is 0.324 e. The Kier molecular flexibility index (Phi) is 5.56. The number of halogens is 2. The van der Waals surface area contributed by atoms with Crippen molar-refractivity contribution in [3.05, 3.63) is 53.3 Å². The van der Waals surface area contributed by atoms with Crippen LogP contribution < -0.4 is 15.0 Å².